The van der Waals surface area contributed by atoms with Gasteiger partial charge in [0.2, 0.25) is 0 Å². The molecule has 1 aromatic carbocycles. The molecule has 0 N–H and O–H groups in total. The molecule has 1 atom stereocenters. The monoisotopic (exact) mass is 306 g/mol. The number of hydrogen-bond donors (Lipinski definition) is 0. The van der Waals surface area contributed by atoms with Crippen molar-refractivity contribution in [2.75, 3.05) is 0 Å². The second-order valence-electron chi connectivity index (χ2n) is 3.02. The van der Waals surface area contributed by atoms with Crippen molar-refractivity contribution in [2.45, 2.75) is 18.3 Å². The summed E-state index contributed by atoms with van der Waals surface area (Å²) in [5, 5.41) is 0. The maximum absolute atomic E-state index is 13.4. The molecule has 16 heavy (non-hydrogen) atoms. The lowest BCUT2D eigenvalue weighted by Crippen LogP contribution is -2.44. The van der Waals surface area contributed by atoms with E-state index in [4.69, 9.17) is 0 Å². The normalized spacial score (nSPS) is 16.2. The average molecular weight is 307 g/mol. The Morgan fingerprint density at radius 1 is 0.938 bits per heavy atom. The van der Waals surface area contributed by atoms with Crippen LogP contribution in [0.4, 0.5) is 26.3 Å². The fraction of sp³-hybridized carbons (Fsp3) is 0.333. The molecule has 1 unspecified atom stereocenters. The van der Waals surface area contributed by atoms with Gasteiger partial charge in [-0.2, -0.15) is 13.2 Å². The number of alkyl halides is 6. The zero-order valence-electron chi connectivity index (χ0n) is 7.53. The van der Waals surface area contributed by atoms with Gasteiger partial charge in [-0.1, -0.05) is 28.1 Å². The first-order valence-corrected chi connectivity index (χ1v) is 4.78. The highest BCUT2D eigenvalue weighted by Gasteiger charge is 2.63. The Balaban J connectivity index is 3.28. The first kappa shape index (κ1) is 13.3. The molecule has 0 fully saturated rings. The maximum Gasteiger partial charge on any atom is 0.432 e. The Hall–Kier alpha value is -0.720. The van der Waals surface area contributed by atoms with E-state index in [0.29, 0.717) is 16.6 Å². The van der Waals surface area contributed by atoms with E-state index in [-0.39, 0.29) is 0 Å². The molecule has 0 nitrogen and oxygen atoms in total. The molecule has 0 aliphatic heterocycles. The van der Waals surface area contributed by atoms with Crippen molar-refractivity contribution >= 4 is 15.9 Å². The second kappa shape index (κ2) is 4.27. The minimum absolute atomic E-state index is 0.370. The zero-order chi connectivity index (χ0) is 12.6. The predicted molar refractivity (Wildman–Crippen MR) is 49.0 cm³/mol. The SMILES string of the molecule is FC(F)C(F)(c1ccc(Br)cc1)C(F)(F)F. The Kier molecular flexibility index (Phi) is 3.56. The van der Waals surface area contributed by atoms with Crippen molar-refractivity contribution in [2.24, 2.45) is 0 Å². The van der Waals surface area contributed by atoms with Gasteiger partial charge in [-0.15, -0.1) is 0 Å². The highest BCUT2D eigenvalue weighted by Crippen LogP contribution is 2.46. The molecule has 0 saturated heterocycles. The Labute approximate surface area is 95.4 Å². The molecule has 0 heterocycles. The van der Waals surface area contributed by atoms with E-state index in [0.717, 1.165) is 12.1 Å². The first-order valence-electron chi connectivity index (χ1n) is 3.99. The third-order valence-corrected chi connectivity index (χ3v) is 2.51. The Morgan fingerprint density at radius 2 is 1.38 bits per heavy atom. The molecule has 1 aromatic rings. The molecular weight excluding hydrogens is 302 g/mol. The summed E-state index contributed by atoms with van der Waals surface area (Å²) >= 11 is 2.91. The summed E-state index contributed by atoms with van der Waals surface area (Å²) in [6, 6.07) is 3.48. The predicted octanol–water partition coefficient (Wildman–Crippen LogP) is 4.44. The van der Waals surface area contributed by atoms with Crippen LogP contribution >= 0.6 is 15.9 Å². The zero-order valence-corrected chi connectivity index (χ0v) is 9.12. The summed E-state index contributed by atoms with van der Waals surface area (Å²) in [6.07, 6.45) is -9.83. The van der Waals surface area contributed by atoms with Gasteiger partial charge in [-0.3, -0.25) is 0 Å². The van der Waals surface area contributed by atoms with E-state index in [9.17, 15) is 26.3 Å². The summed E-state index contributed by atoms with van der Waals surface area (Å²) in [4.78, 5) is 0. The maximum atomic E-state index is 13.4. The average Bonchev–Trinajstić information content (AvgIpc) is 2.15. The van der Waals surface area contributed by atoms with Crippen molar-refractivity contribution in [1.82, 2.24) is 0 Å². The fourth-order valence-corrected chi connectivity index (χ4v) is 1.37. The molecule has 90 valence electrons. The summed E-state index contributed by atoms with van der Waals surface area (Å²) in [6.45, 7) is 0. The molecule has 0 aliphatic rings. The van der Waals surface area contributed by atoms with Crippen LogP contribution in [0.2, 0.25) is 0 Å². The molecule has 0 radical (unpaired) electrons. The minimum atomic E-state index is -5.66. The standard InChI is InChI=1S/C9H5BrF6/c10-6-3-1-5(2-4-6)8(13,7(11)12)9(14,15)16/h1-4,7H. The molecule has 0 spiro atoms. The quantitative estimate of drug-likeness (QED) is 0.709. The van der Waals surface area contributed by atoms with Crippen molar-refractivity contribution < 1.29 is 26.3 Å². The van der Waals surface area contributed by atoms with E-state index in [2.05, 4.69) is 15.9 Å². The molecule has 0 saturated carbocycles. The lowest BCUT2D eigenvalue weighted by Gasteiger charge is -2.27. The molecular formula is C9H5BrF6. The van der Waals surface area contributed by atoms with E-state index in [1.54, 1.807) is 0 Å². The third kappa shape index (κ3) is 2.18. The van der Waals surface area contributed by atoms with Crippen LogP contribution in [0.25, 0.3) is 0 Å². The number of hydrogen-bond acceptors (Lipinski definition) is 0. The largest absolute Gasteiger partial charge is 0.432 e. The van der Waals surface area contributed by atoms with Crippen LogP contribution in [0.3, 0.4) is 0 Å². The number of halogens is 7. The van der Waals surface area contributed by atoms with Crippen molar-refractivity contribution in [1.29, 1.82) is 0 Å². The summed E-state index contributed by atoms with van der Waals surface area (Å²) in [7, 11) is 0. The van der Waals surface area contributed by atoms with Gasteiger partial charge < -0.3 is 0 Å². The van der Waals surface area contributed by atoms with Crippen molar-refractivity contribution in [3.05, 3.63) is 34.3 Å². The van der Waals surface area contributed by atoms with Gasteiger partial charge in [0.1, 0.15) is 0 Å². The van der Waals surface area contributed by atoms with Gasteiger partial charge in [0, 0.05) is 10.0 Å². The highest BCUT2D eigenvalue weighted by molar-refractivity contribution is 9.10. The van der Waals surface area contributed by atoms with Gasteiger partial charge in [-0.25, -0.2) is 13.2 Å². The molecule has 0 aromatic heterocycles. The minimum Gasteiger partial charge on any atom is -0.222 e. The van der Waals surface area contributed by atoms with Gasteiger partial charge in [0.15, 0.2) is 0 Å². The highest BCUT2D eigenvalue weighted by atomic mass is 79.9. The molecule has 0 bridgehead atoms. The van der Waals surface area contributed by atoms with E-state index >= 15 is 0 Å². The van der Waals surface area contributed by atoms with Gasteiger partial charge in [0.25, 0.3) is 12.1 Å². The van der Waals surface area contributed by atoms with Crippen LogP contribution in [-0.4, -0.2) is 12.6 Å². The smallest absolute Gasteiger partial charge is 0.222 e. The Bertz CT molecular complexity index is 357. The molecule has 0 amide bonds. The lowest BCUT2D eigenvalue weighted by atomic mass is 9.95. The number of rotatable bonds is 2. The van der Waals surface area contributed by atoms with Crippen LogP contribution in [-0.2, 0) is 5.67 Å². The molecule has 0 aliphatic carbocycles. The van der Waals surface area contributed by atoms with Crippen LogP contribution in [0.15, 0.2) is 28.7 Å². The first-order chi connectivity index (χ1) is 7.19. The van der Waals surface area contributed by atoms with E-state index in [1.165, 1.54) is 0 Å². The van der Waals surface area contributed by atoms with Crippen LogP contribution < -0.4 is 0 Å². The molecule has 7 heteroatoms. The summed E-state index contributed by atoms with van der Waals surface area (Å²) in [5.41, 5.74) is -5.74. The van der Waals surface area contributed by atoms with Gasteiger partial charge in [-0.05, 0) is 12.1 Å². The fourth-order valence-electron chi connectivity index (χ4n) is 1.11. The summed E-state index contributed by atoms with van der Waals surface area (Å²) in [5.74, 6) is 0. The molecule has 1 rings (SSSR count). The number of benzene rings is 1. The van der Waals surface area contributed by atoms with Crippen LogP contribution in [0, 0.1) is 0 Å². The second-order valence-corrected chi connectivity index (χ2v) is 3.93. The van der Waals surface area contributed by atoms with Gasteiger partial charge in [0.05, 0.1) is 0 Å². The lowest BCUT2D eigenvalue weighted by molar-refractivity contribution is -0.274. The van der Waals surface area contributed by atoms with Crippen LogP contribution in [0.5, 0.6) is 0 Å². The van der Waals surface area contributed by atoms with Crippen molar-refractivity contribution in [3.8, 4) is 0 Å². The van der Waals surface area contributed by atoms with Crippen molar-refractivity contribution in [3.63, 3.8) is 0 Å². The third-order valence-electron chi connectivity index (χ3n) is 1.98. The summed E-state index contributed by atoms with van der Waals surface area (Å²) < 4.78 is 75.1. The van der Waals surface area contributed by atoms with Crippen LogP contribution in [0.1, 0.15) is 5.56 Å². The van der Waals surface area contributed by atoms with E-state index < -0.39 is 23.8 Å². The van der Waals surface area contributed by atoms with Gasteiger partial charge >= 0.3 is 6.18 Å². The van der Waals surface area contributed by atoms with E-state index in [1.807, 2.05) is 0 Å². The Morgan fingerprint density at radius 3 is 1.69 bits per heavy atom. The topological polar surface area (TPSA) is 0 Å².